The van der Waals surface area contributed by atoms with Gasteiger partial charge in [0, 0.05) is 33.0 Å². The summed E-state index contributed by atoms with van der Waals surface area (Å²) in [5.41, 5.74) is 4.56. The molecule has 0 spiro atoms. The van der Waals surface area contributed by atoms with Gasteiger partial charge in [0.1, 0.15) is 11.7 Å². The number of thioether (sulfide) groups is 1. The molecule has 44 heavy (non-hydrogen) atoms. The number of nitrogens with one attached hydrogen (secondary N) is 1. The maximum absolute atomic E-state index is 11.3. The summed E-state index contributed by atoms with van der Waals surface area (Å²) in [5, 5.41) is 6.29. The van der Waals surface area contributed by atoms with E-state index < -0.39 is 10.1 Å². The van der Waals surface area contributed by atoms with E-state index in [9.17, 15) is 13.0 Å². The highest BCUT2D eigenvalue weighted by molar-refractivity contribution is 8.04. The second kappa shape index (κ2) is 14.7. The van der Waals surface area contributed by atoms with Crippen LogP contribution in [-0.4, -0.2) is 44.9 Å². The zero-order valence-electron chi connectivity index (χ0n) is 25.4. The monoisotopic (exact) mass is 684 g/mol. The van der Waals surface area contributed by atoms with Crippen LogP contribution in [0.25, 0.3) is 37.2 Å². The first-order valence-corrected chi connectivity index (χ1v) is 19.8. The molecule has 0 aliphatic carbocycles. The van der Waals surface area contributed by atoms with Gasteiger partial charge in [-0.1, -0.05) is 47.4 Å². The molecule has 1 N–H and O–H groups in total. The Morgan fingerprint density at radius 1 is 0.909 bits per heavy atom. The average Bonchev–Trinajstić information content (AvgIpc) is 3.82. The number of aromatic nitrogens is 1. The lowest BCUT2D eigenvalue weighted by Crippen LogP contribution is -3.11. The molecule has 0 amide bonds. The molecule has 0 radical (unpaired) electrons. The van der Waals surface area contributed by atoms with Gasteiger partial charge >= 0.3 is 0 Å². The predicted molar refractivity (Wildman–Crippen MR) is 189 cm³/mol. The number of thiazole rings is 1. The van der Waals surface area contributed by atoms with Gasteiger partial charge in [0.2, 0.25) is 5.52 Å². The van der Waals surface area contributed by atoms with Gasteiger partial charge in [-0.25, -0.2) is 8.42 Å². The smallest absolute Gasteiger partial charge is 0.265 e. The molecule has 5 aromatic rings. The third-order valence-corrected chi connectivity index (χ3v) is 12.6. The van der Waals surface area contributed by atoms with E-state index in [0.29, 0.717) is 6.54 Å². The summed E-state index contributed by atoms with van der Waals surface area (Å²) in [5.74, 6) is -0.371. The molecule has 4 heterocycles. The van der Waals surface area contributed by atoms with Gasteiger partial charge in [0.25, 0.3) is 5.01 Å². The second-order valence-corrected chi connectivity index (χ2v) is 16.0. The number of rotatable bonds is 10. The minimum atomic E-state index is -4.26. The van der Waals surface area contributed by atoms with Crippen LogP contribution in [0.3, 0.4) is 0 Å². The van der Waals surface area contributed by atoms with Crippen molar-refractivity contribution in [3.8, 4) is 20.9 Å². The fraction of sp³-hybridized carbons (Fsp3) is 0.303. The number of thiophene rings is 2. The summed E-state index contributed by atoms with van der Waals surface area (Å²) in [6, 6.07) is 21.4. The third-order valence-electron chi connectivity index (χ3n) is 7.73. The van der Waals surface area contributed by atoms with Gasteiger partial charge in [-0.3, -0.25) is 0 Å². The molecule has 1 aliphatic heterocycles. The van der Waals surface area contributed by atoms with E-state index in [2.05, 4.69) is 109 Å². The van der Waals surface area contributed by atoms with Crippen molar-refractivity contribution in [1.29, 1.82) is 0 Å². The lowest BCUT2D eigenvalue weighted by molar-refractivity contribution is -0.894. The van der Waals surface area contributed by atoms with Crippen molar-refractivity contribution in [1.82, 2.24) is 0 Å². The standard InChI is InChI=1S/C27H22N2O3S5.C6H15N/c1-28-20-15-18(22-5-2-12-33-22)7-9-24(20)35-26(28)17-27-29(11-4-14-37(30,31)32)21-16-19(8-10-25(21)36-27)23-6-3-13-34-23;1-4-7(5-2)6-3/h2-3,5-10,12-13,15-17H,4,11,14H2,1H3;4-6H2,1-3H3/p+1. The van der Waals surface area contributed by atoms with Gasteiger partial charge in [-0.2, -0.15) is 4.57 Å². The highest BCUT2D eigenvalue weighted by Crippen LogP contribution is 2.48. The molecule has 0 saturated heterocycles. The molecule has 0 unspecified atom stereocenters. The van der Waals surface area contributed by atoms with E-state index in [4.69, 9.17) is 0 Å². The van der Waals surface area contributed by atoms with Crippen LogP contribution < -0.4 is 14.4 Å². The summed E-state index contributed by atoms with van der Waals surface area (Å²) in [4.78, 5) is 7.39. The minimum absolute atomic E-state index is 0.273. The van der Waals surface area contributed by atoms with Crippen molar-refractivity contribution in [2.24, 2.45) is 7.05 Å². The van der Waals surface area contributed by atoms with Crippen LogP contribution >= 0.6 is 45.8 Å². The summed E-state index contributed by atoms with van der Waals surface area (Å²) in [6.45, 7) is 10.9. The van der Waals surface area contributed by atoms with Crippen molar-refractivity contribution < 1.29 is 22.4 Å². The molecular weight excluding hydrogens is 647 g/mol. The Morgan fingerprint density at radius 2 is 1.55 bits per heavy atom. The van der Waals surface area contributed by atoms with E-state index in [-0.39, 0.29) is 12.2 Å². The van der Waals surface area contributed by atoms with E-state index in [1.165, 1.54) is 45.2 Å². The van der Waals surface area contributed by atoms with Crippen molar-refractivity contribution in [2.45, 2.75) is 32.1 Å². The number of hydrogen-bond acceptors (Lipinski definition) is 8. The summed E-state index contributed by atoms with van der Waals surface area (Å²) >= 11 is 6.84. The zero-order valence-corrected chi connectivity index (χ0v) is 29.5. The van der Waals surface area contributed by atoms with Crippen LogP contribution in [0.2, 0.25) is 0 Å². The molecule has 0 bridgehead atoms. The number of aryl methyl sites for hydroxylation is 1. The van der Waals surface area contributed by atoms with E-state index in [1.54, 1.807) is 50.7 Å². The molecular formula is C33H38N3O3S5+. The normalized spacial score (nSPS) is 14.0. The molecule has 11 heteroatoms. The van der Waals surface area contributed by atoms with Gasteiger partial charge in [0.15, 0.2) is 0 Å². The summed E-state index contributed by atoms with van der Waals surface area (Å²) < 4.78 is 37.3. The fourth-order valence-corrected chi connectivity index (χ4v) is 9.36. The Hall–Kier alpha value is -2.51. The lowest BCUT2D eigenvalue weighted by atomic mass is 10.1. The molecule has 0 fully saturated rings. The fourth-order valence-electron chi connectivity index (χ4n) is 5.18. The van der Waals surface area contributed by atoms with Crippen LogP contribution in [0, 0.1) is 0 Å². The average molecular weight is 685 g/mol. The maximum atomic E-state index is 11.3. The highest BCUT2D eigenvalue weighted by atomic mass is 32.2. The summed E-state index contributed by atoms with van der Waals surface area (Å²) in [7, 11) is -2.18. The van der Waals surface area contributed by atoms with Crippen molar-refractivity contribution in [3.05, 3.63) is 81.5 Å². The largest absolute Gasteiger partial charge is 0.748 e. The van der Waals surface area contributed by atoms with Gasteiger partial charge < -0.3 is 14.4 Å². The minimum Gasteiger partial charge on any atom is -0.748 e. The van der Waals surface area contributed by atoms with Crippen LogP contribution in [0.4, 0.5) is 5.69 Å². The molecule has 6 nitrogen and oxygen atoms in total. The molecule has 6 rings (SSSR count). The Balaban J connectivity index is 0.000000493. The Morgan fingerprint density at radius 3 is 2.11 bits per heavy atom. The van der Waals surface area contributed by atoms with Crippen LogP contribution in [0.15, 0.2) is 81.3 Å². The van der Waals surface area contributed by atoms with Crippen molar-refractivity contribution >= 4 is 77.9 Å². The highest BCUT2D eigenvalue weighted by Gasteiger charge is 2.28. The Bertz CT molecular complexity index is 1820. The van der Waals surface area contributed by atoms with E-state index in [1.807, 2.05) is 6.07 Å². The number of anilines is 1. The topological polar surface area (TPSA) is 68.8 Å². The Kier molecular flexibility index (Phi) is 11.0. The quantitative estimate of drug-likeness (QED) is 0.127. The first-order chi connectivity index (χ1) is 21.2. The number of hydrogen-bond donors (Lipinski definition) is 1. The molecule has 2 aromatic carbocycles. The predicted octanol–water partition coefficient (Wildman–Crippen LogP) is 6.96. The lowest BCUT2D eigenvalue weighted by Gasteiger charge is -2.21. The molecule has 3 aromatic heterocycles. The zero-order chi connectivity index (χ0) is 31.3. The number of fused-ring (bicyclic) bond motifs is 2. The first-order valence-electron chi connectivity index (χ1n) is 14.8. The summed E-state index contributed by atoms with van der Waals surface area (Å²) in [6.07, 6.45) is 2.45. The van der Waals surface area contributed by atoms with E-state index >= 15 is 0 Å². The SMILES string of the molecule is CC[NH+](CC)CC.C[n+]1c(/C=C2\Sc3ccc(-c4cccs4)cc3N2CCCS(=O)(=O)[O-])sc2ccc(-c3cccs3)cc21. The second-order valence-electron chi connectivity index (χ2n) is 10.5. The van der Waals surface area contributed by atoms with E-state index in [0.717, 1.165) is 26.2 Å². The third kappa shape index (κ3) is 7.82. The van der Waals surface area contributed by atoms with Crippen molar-refractivity contribution in [2.75, 3.05) is 36.8 Å². The molecule has 0 saturated carbocycles. The van der Waals surface area contributed by atoms with Crippen molar-refractivity contribution in [3.63, 3.8) is 0 Å². The van der Waals surface area contributed by atoms with Gasteiger partial charge in [-0.05, 0) is 79.4 Å². The van der Waals surface area contributed by atoms with Gasteiger partial charge in [-0.15, -0.1) is 22.7 Å². The first kappa shape index (κ1) is 32.9. The molecule has 0 atom stereocenters. The maximum Gasteiger partial charge on any atom is 0.265 e. The number of nitrogens with zero attached hydrogens (tertiary/aromatic N) is 2. The van der Waals surface area contributed by atoms with Gasteiger partial charge in [0.05, 0.1) is 46.5 Å². The number of benzene rings is 2. The Labute approximate surface area is 277 Å². The molecule has 232 valence electrons. The molecule has 1 aliphatic rings. The van der Waals surface area contributed by atoms with Crippen LogP contribution in [0.5, 0.6) is 0 Å². The van der Waals surface area contributed by atoms with Crippen LogP contribution in [0.1, 0.15) is 32.2 Å². The van der Waals surface area contributed by atoms with Crippen LogP contribution in [-0.2, 0) is 17.2 Å². The number of quaternary nitrogens is 1.